The van der Waals surface area contributed by atoms with Crippen molar-refractivity contribution in [2.45, 2.75) is 43.2 Å². The summed E-state index contributed by atoms with van der Waals surface area (Å²) in [5.74, 6) is 0.0162. The maximum absolute atomic E-state index is 12.7. The second kappa shape index (κ2) is 6.76. The lowest BCUT2D eigenvalue weighted by Gasteiger charge is -2.35. The van der Waals surface area contributed by atoms with Crippen molar-refractivity contribution in [3.63, 3.8) is 0 Å². The van der Waals surface area contributed by atoms with Gasteiger partial charge in [0.05, 0.1) is 24.3 Å². The Labute approximate surface area is 140 Å². The molecule has 8 nitrogen and oxygen atoms in total. The molecule has 2 aromatic heterocycles. The fraction of sp³-hybridized carbons (Fsp3) is 0.533. The number of likely N-dealkylation sites (tertiary alicyclic amines) is 1. The molecule has 1 amide bonds. The van der Waals surface area contributed by atoms with E-state index in [1.165, 1.54) is 6.20 Å². The van der Waals surface area contributed by atoms with Gasteiger partial charge in [0.15, 0.2) is 9.84 Å². The van der Waals surface area contributed by atoms with Crippen LogP contribution in [0.3, 0.4) is 0 Å². The monoisotopic (exact) mass is 351 g/mol. The van der Waals surface area contributed by atoms with Crippen LogP contribution >= 0.6 is 0 Å². The lowest BCUT2D eigenvalue weighted by Crippen LogP contribution is -2.39. The molecule has 1 aliphatic rings. The van der Waals surface area contributed by atoms with E-state index in [9.17, 15) is 13.2 Å². The van der Waals surface area contributed by atoms with Crippen molar-refractivity contribution < 1.29 is 13.2 Å². The van der Waals surface area contributed by atoms with Gasteiger partial charge in [-0.05, 0) is 19.3 Å². The van der Waals surface area contributed by atoms with Crippen LogP contribution in [0.2, 0.25) is 0 Å². The molecular weight excluding hydrogens is 330 g/mol. The number of aromatic nitrogens is 4. The summed E-state index contributed by atoms with van der Waals surface area (Å²) in [7, 11) is -3.38. The molecule has 9 heteroatoms. The molecule has 0 aliphatic carbocycles. The van der Waals surface area contributed by atoms with Crippen molar-refractivity contribution >= 4 is 15.7 Å². The first-order chi connectivity index (χ1) is 11.5. The number of carbonyl (C=O) groups is 1. The summed E-state index contributed by atoms with van der Waals surface area (Å²) in [6.45, 7) is 1.19. The van der Waals surface area contributed by atoms with Crippen LogP contribution in [0, 0.1) is 0 Å². The summed E-state index contributed by atoms with van der Waals surface area (Å²) >= 11 is 0. The van der Waals surface area contributed by atoms with Gasteiger partial charge in [0.1, 0.15) is 4.90 Å². The molecule has 0 aromatic carbocycles. The van der Waals surface area contributed by atoms with Crippen LogP contribution in [0.15, 0.2) is 29.8 Å². The molecule has 1 saturated heterocycles. The first-order valence-corrected chi connectivity index (χ1v) is 9.84. The van der Waals surface area contributed by atoms with Crippen molar-refractivity contribution in [1.29, 1.82) is 0 Å². The smallest absolute Gasteiger partial charge is 0.224 e. The van der Waals surface area contributed by atoms with Crippen LogP contribution in [-0.2, 0) is 21.2 Å². The number of rotatable bonds is 5. The molecule has 3 heterocycles. The van der Waals surface area contributed by atoms with E-state index in [1.54, 1.807) is 17.4 Å². The first-order valence-electron chi connectivity index (χ1n) is 7.95. The molecular formula is C15H21N5O3S. The van der Waals surface area contributed by atoms with Crippen LogP contribution in [-0.4, -0.2) is 51.8 Å². The van der Waals surface area contributed by atoms with E-state index in [0.29, 0.717) is 25.2 Å². The molecule has 24 heavy (non-hydrogen) atoms. The molecule has 0 unspecified atom stereocenters. The second-order valence-corrected chi connectivity index (χ2v) is 8.05. The van der Waals surface area contributed by atoms with E-state index < -0.39 is 9.84 Å². The zero-order valence-corrected chi connectivity index (χ0v) is 14.4. The Balaban J connectivity index is 1.78. The quantitative estimate of drug-likeness (QED) is 0.871. The third-order valence-corrected chi connectivity index (χ3v) is 5.46. The Kier molecular flexibility index (Phi) is 4.70. The van der Waals surface area contributed by atoms with Gasteiger partial charge < -0.3 is 9.47 Å². The molecule has 2 aromatic rings. The lowest BCUT2D eigenvalue weighted by molar-refractivity contribution is -0.135. The molecule has 1 aliphatic heterocycles. The molecule has 3 rings (SSSR count). The van der Waals surface area contributed by atoms with Gasteiger partial charge >= 0.3 is 0 Å². The average Bonchev–Trinajstić information content (AvgIpc) is 3.23. The van der Waals surface area contributed by atoms with Crippen molar-refractivity contribution in [3.8, 4) is 0 Å². The number of nitrogens with one attached hydrogen (secondary N) is 1. The highest BCUT2D eigenvalue weighted by atomic mass is 32.2. The predicted octanol–water partition coefficient (Wildman–Crippen LogP) is 1.15. The lowest BCUT2D eigenvalue weighted by atomic mass is 9.99. The van der Waals surface area contributed by atoms with Gasteiger partial charge in [0, 0.05) is 38.2 Å². The van der Waals surface area contributed by atoms with Crippen LogP contribution in [0.1, 0.15) is 37.4 Å². The Morgan fingerprint density at radius 2 is 2.25 bits per heavy atom. The summed E-state index contributed by atoms with van der Waals surface area (Å²) in [6, 6.07) is -0.263. The average molecular weight is 351 g/mol. The van der Waals surface area contributed by atoms with E-state index in [2.05, 4.69) is 15.2 Å². The number of nitrogens with zero attached hydrogens (tertiary/aromatic N) is 4. The Bertz CT molecular complexity index is 797. The predicted molar refractivity (Wildman–Crippen MR) is 86.8 cm³/mol. The zero-order valence-electron chi connectivity index (χ0n) is 13.6. The van der Waals surface area contributed by atoms with Crippen molar-refractivity contribution in [1.82, 2.24) is 24.6 Å². The third-order valence-electron chi connectivity index (χ3n) is 4.33. The van der Waals surface area contributed by atoms with Crippen LogP contribution < -0.4 is 0 Å². The fourth-order valence-corrected chi connectivity index (χ4v) is 3.96. The van der Waals surface area contributed by atoms with Crippen LogP contribution in [0.4, 0.5) is 0 Å². The number of sulfone groups is 1. The molecule has 0 radical (unpaired) electrons. The van der Waals surface area contributed by atoms with Crippen molar-refractivity contribution in [2.75, 3.05) is 12.8 Å². The maximum atomic E-state index is 12.7. The Morgan fingerprint density at radius 1 is 1.42 bits per heavy atom. The van der Waals surface area contributed by atoms with Crippen molar-refractivity contribution in [3.05, 3.63) is 30.6 Å². The highest BCUT2D eigenvalue weighted by Gasteiger charge is 2.32. The standard InChI is InChI=1S/C15H21N5O3S/c1-24(22,23)13-10-17-18-15(13)12-4-2-3-7-20(12)14(21)5-8-19-9-6-16-11-19/h6,9-12H,2-5,7-8H2,1H3,(H,17,18)/t12-/m1/s1. The Hall–Kier alpha value is -2.16. The van der Waals surface area contributed by atoms with Crippen molar-refractivity contribution in [2.24, 2.45) is 0 Å². The molecule has 0 bridgehead atoms. The Morgan fingerprint density at radius 3 is 2.96 bits per heavy atom. The van der Waals surface area contributed by atoms with Crippen LogP contribution in [0.5, 0.6) is 0 Å². The largest absolute Gasteiger partial charge is 0.337 e. The molecule has 1 atom stereocenters. The second-order valence-electron chi connectivity index (χ2n) is 6.07. The molecule has 0 spiro atoms. The number of piperidine rings is 1. The highest BCUT2D eigenvalue weighted by molar-refractivity contribution is 7.90. The summed E-state index contributed by atoms with van der Waals surface area (Å²) in [5.41, 5.74) is 0.521. The summed E-state index contributed by atoms with van der Waals surface area (Å²) in [4.78, 5) is 18.6. The summed E-state index contributed by atoms with van der Waals surface area (Å²) < 4.78 is 25.7. The molecule has 1 fully saturated rings. The van der Waals surface area contributed by atoms with E-state index in [4.69, 9.17) is 0 Å². The minimum Gasteiger partial charge on any atom is -0.337 e. The number of carbonyl (C=O) groups excluding carboxylic acids is 1. The van der Waals surface area contributed by atoms with Gasteiger partial charge in [-0.2, -0.15) is 5.10 Å². The molecule has 0 saturated carbocycles. The van der Waals surface area contributed by atoms with Gasteiger partial charge in [-0.25, -0.2) is 13.4 Å². The van der Waals surface area contributed by atoms with E-state index in [-0.39, 0.29) is 16.8 Å². The minimum atomic E-state index is -3.38. The highest BCUT2D eigenvalue weighted by Crippen LogP contribution is 2.33. The van der Waals surface area contributed by atoms with Gasteiger partial charge in [-0.3, -0.25) is 9.89 Å². The van der Waals surface area contributed by atoms with E-state index in [1.807, 2.05) is 10.8 Å². The minimum absolute atomic E-state index is 0.0162. The third kappa shape index (κ3) is 3.50. The zero-order chi connectivity index (χ0) is 17.2. The van der Waals surface area contributed by atoms with Crippen LogP contribution in [0.25, 0.3) is 0 Å². The number of hydrogen-bond donors (Lipinski definition) is 1. The number of hydrogen-bond acceptors (Lipinski definition) is 5. The van der Waals surface area contributed by atoms with E-state index >= 15 is 0 Å². The van der Waals surface area contributed by atoms with E-state index in [0.717, 1.165) is 25.5 Å². The topological polar surface area (TPSA) is 101 Å². The van der Waals surface area contributed by atoms with Gasteiger partial charge in [-0.15, -0.1) is 0 Å². The number of amides is 1. The number of H-pyrrole nitrogens is 1. The molecule has 130 valence electrons. The molecule has 1 N–H and O–H groups in total. The number of imidazole rings is 1. The number of aryl methyl sites for hydroxylation is 1. The van der Waals surface area contributed by atoms with Gasteiger partial charge in [0.25, 0.3) is 0 Å². The van der Waals surface area contributed by atoms with Gasteiger partial charge in [-0.1, -0.05) is 0 Å². The SMILES string of the molecule is CS(=O)(=O)c1cn[nH]c1[C@H]1CCCCN1C(=O)CCn1ccnc1. The van der Waals surface area contributed by atoms with Gasteiger partial charge in [0.2, 0.25) is 5.91 Å². The first kappa shape index (κ1) is 16.7. The maximum Gasteiger partial charge on any atom is 0.224 e. The normalized spacial score (nSPS) is 18.7. The fourth-order valence-electron chi connectivity index (χ4n) is 3.14. The summed E-state index contributed by atoms with van der Waals surface area (Å²) in [6.07, 6.45) is 10.6. The summed E-state index contributed by atoms with van der Waals surface area (Å²) in [5, 5.41) is 6.69. The number of aromatic amines is 1.